The molecule has 2 fully saturated rings. The Bertz CT molecular complexity index is 1290. The lowest BCUT2D eigenvalue weighted by Gasteiger charge is -2.49. The zero-order valence-corrected chi connectivity index (χ0v) is 22.7. The van der Waals surface area contributed by atoms with Crippen molar-refractivity contribution in [3.8, 4) is 0 Å². The number of nitrogens with zero attached hydrogens (tertiary/aromatic N) is 3. The number of esters is 1. The Labute approximate surface area is 234 Å². The van der Waals surface area contributed by atoms with Gasteiger partial charge in [-0.3, -0.25) is 18.7 Å². The number of nitrogens with one attached hydrogen (secondary N) is 1. The molecule has 3 atom stereocenters. The molecule has 5 rings (SSSR count). The standard InChI is InChI=1S/C28H30N4O7S/c1-30-12-14-31(15-13-30)28(36)38-16-21-17-40(37)26-22(29-18-33)25(34)32(26)23(21)27(35)39-24(19-8-4-2-5-9-19)20-10-6-3-7-11-20/h2-11,18,22,24,26H,12-17H2,1H3,(H,29,33)/t22-,26-,40?/m1/s1. The third-order valence-corrected chi connectivity index (χ3v) is 8.86. The maximum absolute atomic E-state index is 13.8. The normalized spacial score (nSPS) is 22.9. The summed E-state index contributed by atoms with van der Waals surface area (Å²) < 4.78 is 24.7. The van der Waals surface area contributed by atoms with Gasteiger partial charge in [0, 0.05) is 31.8 Å². The Morgan fingerprint density at radius 3 is 2.20 bits per heavy atom. The number of carbonyl (C=O) groups is 4. The van der Waals surface area contributed by atoms with Gasteiger partial charge in [0.2, 0.25) is 6.41 Å². The number of piperazine rings is 1. The van der Waals surface area contributed by atoms with Gasteiger partial charge in [-0.2, -0.15) is 0 Å². The van der Waals surface area contributed by atoms with Gasteiger partial charge in [-0.1, -0.05) is 60.7 Å². The second-order valence-electron chi connectivity index (χ2n) is 9.79. The third kappa shape index (κ3) is 5.50. The Morgan fingerprint density at radius 1 is 1.02 bits per heavy atom. The first-order chi connectivity index (χ1) is 19.4. The Hall–Kier alpha value is -4.03. The minimum atomic E-state index is -1.65. The molecule has 210 valence electrons. The molecule has 2 aromatic rings. The summed E-state index contributed by atoms with van der Waals surface area (Å²) >= 11 is 0. The van der Waals surface area contributed by atoms with Gasteiger partial charge in [0.15, 0.2) is 6.10 Å². The Kier molecular flexibility index (Phi) is 8.27. The molecule has 2 saturated heterocycles. The smallest absolute Gasteiger partial charge is 0.410 e. The number of likely N-dealkylation sites (N-methyl/N-ethyl adjacent to an activating group) is 1. The van der Waals surface area contributed by atoms with E-state index in [-0.39, 0.29) is 23.6 Å². The van der Waals surface area contributed by atoms with Gasteiger partial charge >= 0.3 is 12.1 Å². The molecule has 40 heavy (non-hydrogen) atoms. The van der Waals surface area contributed by atoms with E-state index < -0.39 is 46.3 Å². The van der Waals surface area contributed by atoms with Gasteiger partial charge in [0.05, 0.1) is 16.6 Å². The van der Waals surface area contributed by atoms with Crippen LogP contribution in [0.4, 0.5) is 4.79 Å². The SMILES string of the molecule is CN1CCN(C(=O)OCC2=C(C(=O)OC(c3ccccc3)c3ccccc3)N3C(=O)[C@@H](NC=O)[C@H]3S(=O)C2)CC1. The van der Waals surface area contributed by atoms with Crippen molar-refractivity contribution < 1.29 is 32.9 Å². The van der Waals surface area contributed by atoms with Crippen LogP contribution in [-0.2, 0) is 34.7 Å². The first-order valence-electron chi connectivity index (χ1n) is 12.9. The van der Waals surface area contributed by atoms with Crippen LogP contribution >= 0.6 is 0 Å². The number of hydrogen-bond donors (Lipinski definition) is 1. The van der Waals surface area contributed by atoms with Crippen molar-refractivity contribution in [3.05, 3.63) is 83.1 Å². The monoisotopic (exact) mass is 566 g/mol. The van der Waals surface area contributed by atoms with Crippen molar-refractivity contribution in [1.29, 1.82) is 0 Å². The minimum absolute atomic E-state index is 0.110. The summed E-state index contributed by atoms with van der Waals surface area (Å²) in [5.41, 5.74) is 1.55. The average molecular weight is 567 g/mol. The molecule has 0 aliphatic carbocycles. The molecule has 11 nitrogen and oxygen atoms in total. The van der Waals surface area contributed by atoms with Crippen LogP contribution in [0.2, 0.25) is 0 Å². The lowest BCUT2D eigenvalue weighted by molar-refractivity contribution is -0.154. The van der Waals surface area contributed by atoms with Crippen molar-refractivity contribution in [2.24, 2.45) is 0 Å². The minimum Gasteiger partial charge on any atom is -0.448 e. The number of ether oxygens (including phenoxy) is 2. The van der Waals surface area contributed by atoms with E-state index in [4.69, 9.17) is 9.47 Å². The van der Waals surface area contributed by atoms with Gasteiger partial charge in [-0.05, 0) is 18.2 Å². The molecule has 3 aliphatic rings. The number of carbonyl (C=O) groups excluding carboxylic acids is 4. The molecule has 3 aliphatic heterocycles. The van der Waals surface area contributed by atoms with Gasteiger partial charge in [-0.25, -0.2) is 9.59 Å². The van der Waals surface area contributed by atoms with Crippen molar-refractivity contribution in [3.63, 3.8) is 0 Å². The van der Waals surface area contributed by atoms with Gasteiger partial charge in [0.1, 0.15) is 23.7 Å². The van der Waals surface area contributed by atoms with Crippen molar-refractivity contribution in [2.75, 3.05) is 45.6 Å². The van der Waals surface area contributed by atoms with Crippen molar-refractivity contribution >= 4 is 35.2 Å². The topological polar surface area (TPSA) is 126 Å². The predicted octanol–water partition coefficient (Wildman–Crippen LogP) is 1.00. The fourth-order valence-electron chi connectivity index (χ4n) is 5.02. The molecule has 1 unspecified atom stereocenters. The van der Waals surface area contributed by atoms with Crippen LogP contribution in [0, 0.1) is 0 Å². The van der Waals surface area contributed by atoms with E-state index in [1.807, 2.05) is 67.7 Å². The second-order valence-corrected chi connectivity index (χ2v) is 11.3. The van der Waals surface area contributed by atoms with Crippen LogP contribution in [-0.4, -0.2) is 100 Å². The van der Waals surface area contributed by atoms with E-state index in [1.165, 1.54) is 0 Å². The summed E-state index contributed by atoms with van der Waals surface area (Å²) in [5, 5.41) is 1.46. The fourth-order valence-corrected chi connectivity index (χ4v) is 6.70. The predicted molar refractivity (Wildman–Crippen MR) is 145 cm³/mol. The first-order valence-corrected chi connectivity index (χ1v) is 14.3. The molecule has 3 amide bonds. The van der Waals surface area contributed by atoms with E-state index in [0.717, 1.165) is 16.0 Å². The Balaban J connectivity index is 1.44. The number of amides is 3. The summed E-state index contributed by atoms with van der Waals surface area (Å²) in [6, 6.07) is 17.3. The van der Waals surface area contributed by atoms with Gasteiger partial charge < -0.3 is 24.6 Å². The zero-order valence-electron chi connectivity index (χ0n) is 21.9. The van der Waals surface area contributed by atoms with Crippen LogP contribution in [0.3, 0.4) is 0 Å². The van der Waals surface area contributed by atoms with E-state index in [0.29, 0.717) is 32.6 Å². The average Bonchev–Trinajstić information content (AvgIpc) is 2.98. The zero-order chi connectivity index (χ0) is 28.2. The van der Waals surface area contributed by atoms with E-state index in [1.54, 1.807) is 4.90 Å². The van der Waals surface area contributed by atoms with Crippen molar-refractivity contribution in [2.45, 2.75) is 17.5 Å². The number of fused-ring (bicyclic) bond motifs is 1. The van der Waals surface area contributed by atoms with Crippen LogP contribution in [0.5, 0.6) is 0 Å². The van der Waals surface area contributed by atoms with Crippen LogP contribution in [0.15, 0.2) is 71.9 Å². The summed E-state index contributed by atoms with van der Waals surface area (Å²) in [6.07, 6.45) is -0.974. The highest BCUT2D eigenvalue weighted by molar-refractivity contribution is 7.86. The van der Waals surface area contributed by atoms with Crippen LogP contribution in [0.25, 0.3) is 0 Å². The summed E-state index contributed by atoms with van der Waals surface area (Å²) in [6.45, 7) is 2.07. The van der Waals surface area contributed by atoms with Gasteiger partial charge in [-0.15, -0.1) is 0 Å². The lowest BCUT2D eigenvalue weighted by atomic mass is 10.0. The maximum Gasteiger partial charge on any atom is 0.410 e. The number of hydrogen-bond acceptors (Lipinski definition) is 8. The molecule has 1 N–H and O–H groups in total. The van der Waals surface area contributed by atoms with E-state index in [9.17, 15) is 23.4 Å². The largest absolute Gasteiger partial charge is 0.448 e. The summed E-state index contributed by atoms with van der Waals surface area (Å²) in [7, 11) is 0.316. The van der Waals surface area contributed by atoms with Gasteiger partial charge in [0.25, 0.3) is 5.91 Å². The molecular weight excluding hydrogens is 536 g/mol. The molecule has 0 saturated carbocycles. The maximum atomic E-state index is 13.8. The molecule has 0 bridgehead atoms. The van der Waals surface area contributed by atoms with E-state index >= 15 is 0 Å². The highest BCUT2D eigenvalue weighted by atomic mass is 32.2. The second kappa shape index (κ2) is 12.0. The highest BCUT2D eigenvalue weighted by Gasteiger charge is 2.57. The molecule has 0 spiro atoms. The molecule has 0 radical (unpaired) electrons. The molecule has 0 aromatic heterocycles. The van der Waals surface area contributed by atoms with Crippen molar-refractivity contribution in [1.82, 2.24) is 20.0 Å². The molecule has 2 aromatic carbocycles. The molecule has 3 heterocycles. The summed E-state index contributed by atoms with van der Waals surface area (Å²) in [5.74, 6) is -1.52. The Morgan fingerprint density at radius 2 is 1.62 bits per heavy atom. The highest BCUT2D eigenvalue weighted by Crippen LogP contribution is 2.37. The molecule has 12 heteroatoms. The molecular formula is C28H30N4O7S. The van der Waals surface area contributed by atoms with Crippen LogP contribution < -0.4 is 5.32 Å². The first kappa shape index (κ1) is 27.5. The number of β-lactam (4-membered cyclic amide) rings is 1. The number of benzene rings is 2. The summed E-state index contributed by atoms with van der Waals surface area (Å²) in [4.78, 5) is 55.5. The third-order valence-electron chi connectivity index (χ3n) is 7.21. The number of rotatable bonds is 8. The van der Waals surface area contributed by atoms with Crippen LogP contribution in [0.1, 0.15) is 17.2 Å². The van der Waals surface area contributed by atoms with E-state index in [2.05, 4.69) is 10.2 Å². The fraction of sp³-hybridized carbons (Fsp3) is 0.357. The lowest BCUT2D eigenvalue weighted by Crippen LogP contribution is -2.73. The quantitative estimate of drug-likeness (QED) is 0.285.